The maximum atomic E-state index is 12.9. The molecule has 1 aromatic heterocycles. The van der Waals surface area contributed by atoms with Crippen molar-refractivity contribution in [3.63, 3.8) is 0 Å². The van der Waals surface area contributed by atoms with Gasteiger partial charge in [0.25, 0.3) is 5.91 Å². The van der Waals surface area contributed by atoms with Crippen molar-refractivity contribution in [2.45, 2.75) is 32.2 Å². The van der Waals surface area contributed by atoms with Crippen molar-refractivity contribution < 1.29 is 23.6 Å². The maximum absolute atomic E-state index is 12.9. The van der Waals surface area contributed by atoms with Gasteiger partial charge in [0.05, 0.1) is 0 Å². The van der Waals surface area contributed by atoms with E-state index in [1.165, 1.54) is 0 Å². The Kier molecular flexibility index (Phi) is 4.81. The number of anilines is 2. The summed E-state index contributed by atoms with van der Waals surface area (Å²) in [7, 11) is 0. The van der Waals surface area contributed by atoms with Crippen LogP contribution in [0.15, 0.2) is 40.8 Å². The first-order valence-electron chi connectivity index (χ1n) is 9.69. The summed E-state index contributed by atoms with van der Waals surface area (Å²) in [6.45, 7) is 3.49. The van der Waals surface area contributed by atoms with Crippen LogP contribution in [0.3, 0.4) is 0 Å². The van der Waals surface area contributed by atoms with Gasteiger partial charge in [-0.15, -0.1) is 0 Å². The van der Waals surface area contributed by atoms with Crippen LogP contribution in [-0.2, 0) is 19.9 Å². The minimum Gasteiger partial charge on any atom is -0.463 e. The number of imide groups is 1. The fraction of sp³-hybridized carbons (Fsp3) is 0.333. The average molecular weight is 410 g/mol. The van der Waals surface area contributed by atoms with Gasteiger partial charge in [0, 0.05) is 24.3 Å². The summed E-state index contributed by atoms with van der Waals surface area (Å²) in [5.74, 6) is -0.118. The molecule has 0 aliphatic carbocycles. The van der Waals surface area contributed by atoms with E-state index in [4.69, 9.17) is 4.42 Å². The van der Waals surface area contributed by atoms with Crippen LogP contribution in [0.25, 0.3) is 0 Å². The molecule has 2 aromatic rings. The lowest BCUT2D eigenvalue weighted by Gasteiger charge is -2.19. The fourth-order valence-electron chi connectivity index (χ4n) is 3.73. The molecule has 0 bridgehead atoms. The van der Waals surface area contributed by atoms with Crippen LogP contribution in [-0.4, -0.2) is 41.7 Å². The number of hydrogen-bond acceptors (Lipinski definition) is 5. The number of nitrogens with zero attached hydrogens (tertiary/aromatic N) is 2. The number of amides is 5. The molecule has 156 valence electrons. The lowest BCUT2D eigenvalue weighted by molar-refractivity contribution is -0.134. The molecule has 2 aliphatic rings. The molecule has 0 radical (unpaired) electrons. The topological polar surface area (TPSA) is 112 Å². The van der Waals surface area contributed by atoms with Gasteiger partial charge < -0.3 is 20.0 Å². The third kappa shape index (κ3) is 3.42. The molecule has 0 saturated carbocycles. The van der Waals surface area contributed by atoms with E-state index in [-0.39, 0.29) is 5.91 Å². The van der Waals surface area contributed by atoms with Crippen LogP contribution >= 0.6 is 0 Å². The van der Waals surface area contributed by atoms with Crippen LogP contribution in [0.5, 0.6) is 0 Å². The lowest BCUT2D eigenvalue weighted by atomic mass is 9.99. The van der Waals surface area contributed by atoms with Gasteiger partial charge >= 0.3 is 6.03 Å². The number of aryl methyl sites for hydroxylation is 1. The highest BCUT2D eigenvalue weighted by molar-refractivity contribution is 6.10. The second kappa shape index (κ2) is 7.33. The molecule has 2 fully saturated rings. The van der Waals surface area contributed by atoms with Gasteiger partial charge in [0.2, 0.25) is 11.8 Å². The Morgan fingerprint density at radius 3 is 2.70 bits per heavy atom. The molecular formula is C21H22N4O5. The first-order valence-corrected chi connectivity index (χ1v) is 9.69. The quantitative estimate of drug-likeness (QED) is 0.734. The van der Waals surface area contributed by atoms with Crippen molar-refractivity contribution in [2.24, 2.45) is 0 Å². The summed E-state index contributed by atoms with van der Waals surface area (Å²) in [5, 5.41) is 5.29. The van der Waals surface area contributed by atoms with Crippen LogP contribution < -0.4 is 15.5 Å². The first-order chi connectivity index (χ1) is 14.3. The van der Waals surface area contributed by atoms with E-state index in [2.05, 4.69) is 10.6 Å². The van der Waals surface area contributed by atoms with Gasteiger partial charge in [-0.25, -0.2) is 4.79 Å². The van der Waals surface area contributed by atoms with E-state index in [0.717, 1.165) is 11.3 Å². The number of hydrogen-bond donors (Lipinski definition) is 2. The van der Waals surface area contributed by atoms with E-state index >= 15 is 0 Å². The van der Waals surface area contributed by atoms with E-state index in [1.807, 2.05) is 0 Å². The molecule has 2 aliphatic heterocycles. The molecule has 30 heavy (non-hydrogen) atoms. The Morgan fingerprint density at radius 1 is 1.23 bits per heavy atom. The summed E-state index contributed by atoms with van der Waals surface area (Å²) in [5.41, 5.74) is -0.179. The number of furan rings is 1. The fourth-order valence-corrected chi connectivity index (χ4v) is 3.73. The van der Waals surface area contributed by atoms with E-state index < -0.39 is 29.9 Å². The van der Waals surface area contributed by atoms with Gasteiger partial charge in [0.15, 0.2) is 5.54 Å². The molecule has 1 atom stereocenters. The number of carbonyl (C=O) groups excluding carboxylic acids is 4. The summed E-state index contributed by atoms with van der Waals surface area (Å²) in [4.78, 5) is 52.2. The first kappa shape index (κ1) is 19.7. The van der Waals surface area contributed by atoms with Crippen molar-refractivity contribution in [2.75, 3.05) is 23.3 Å². The third-order valence-corrected chi connectivity index (χ3v) is 5.32. The van der Waals surface area contributed by atoms with Crippen molar-refractivity contribution >= 4 is 35.1 Å². The predicted molar refractivity (Wildman–Crippen MR) is 108 cm³/mol. The van der Waals surface area contributed by atoms with Crippen molar-refractivity contribution in [1.29, 1.82) is 0 Å². The molecule has 0 spiro atoms. The largest absolute Gasteiger partial charge is 0.463 e. The van der Waals surface area contributed by atoms with Crippen molar-refractivity contribution in [3.8, 4) is 0 Å². The van der Waals surface area contributed by atoms with Crippen LogP contribution in [0, 0.1) is 6.92 Å². The second-order valence-corrected chi connectivity index (χ2v) is 7.60. The molecule has 1 unspecified atom stereocenters. The molecule has 2 N–H and O–H groups in total. The Balaban J connectivity index is 1.45. The number of nitrogens with one attached hydrogen (secondary N) is 2. The molecule has 1 aromatic carbocycles. The minimum absolute atomic E-state index is 0.0465. The van der Waals surface area contributed by atoms with E-state index in [1.54, 1.807) is 55.1 Å². The van der Waals surface area contributed by atoms with Gasteiger partial charge in [0.1, 0.15) is 18.1 Å². The Morgan fingerprint density at radius 2 is 2.03 bits per heavy atom. The highest BCUT2D eigenvalue weighted by atomic mass is 16.3. The van der Waals surface area contributed by atoms with Gasteiger partial charge in [-0.1, -0.05) is 6.07 Å². The lowest BCUT2D eigenvalue weighted by Crippen LogP contribution is -2.41. The molecule has 3 heterocycles. The number of benzene rings is 1. The van der Waals surface area contributed by atoms with Gasteiger partial charge in [-0.2, -0.15) is 0 Å². The normalized spacial score (nSPS) is 21.3. The average Bonchev–Trinajstić information content (AvgIpc) is 3.38. The molecule has 9 heteroatoms. The highest BCUT2D eigenvalue weighted by Gasteiger charge is 2.51. The Bertz CT molecular complexity index is 1050. The zero-order valence-corrected chi connectivity index (χ0v) is 16.7. The minimum atomic E-state index is -1.36. The molecule has 9 nitrogen and oxygen atoms in total. The smallest absolute Gasteiger partial charge is 0.325 e. The molecule has 2 saturated heterocycles. The highest BCUT2D eigenvalue weighted by Crippen LogP contribution is 2.30. The van der Waals surface area contributed by atoms with Gasteiger partial charge in [-0.3, -0.25) is 19.3 Å². The summed E-state index contributed by atoms with van der Waals surface area (Å²) < 4.78 is 5.51. The monoisotopic (exact) mass is 410 g/mol. The standard InChI is InChI=1S/C21H22N4O5/c1-13-8-9-16(30-13)21(2)19(28)25(20(29)23-21)12-17(26)22-14-5-3-6-15(11-14)24-10-4-7-18(24)27/h3,5-6,8-9,11H,4,7,10,12H2,1-2H3,(H,22,26)(H,23,29). The second-order valence-electron chi connectivity index (χ2n) is 7.60. The Labute approximate surface area is 173 Å². The van der Waals surface area contributed by atoms with Crippen LogP contribution in [0.1, 0.15) is 31.3 Å². The zero-order valence-electron chi connectivity index (χ0n) is 16.7. The maximum Gasteiger partial charge on any atom is 0.325 e. The van der Waals surface area contributed by atoms with Crippen LogP contribution in [0.4, 0.5) is 16.2 Å². The van der Waals surface area contributed by atoms with Crippen LogP contribution in [0.2, 0.25) is 0 Å². The van der Waals surface area contributed by atoms with Gasteiger partial charge in [-0.05, 0) is 50.6 Å². The molecular weight excluding hydrogens is 388 g/mol. The van der Waals surface area contributed by atoms with Crippen molar-refractivity contribution in [1.82, 2.24) is 10.2 Å². The van der Waals surface area contributed by atoms with E-state index in [9.17, 15) is 19.2 Å². The summed E-state index contributed by atoms with van der Waals surface area (Å²) >= 11 is 0. The summed E-state index contributed by atoms with van der Waals surface area (Å²) in [6, 6.07) is 9.58. The zero-order chi connectivity index (χ0) is 21.5. The number of urea groups is 1. The third-order valence-electron chi connectivity index (χ3n) is 5.32. The van der Waals surface area contributed by atoms with Crippen molar-refractivity contribution in [3.05, 3.63) is 47.9 Å². The summed E-state index contributed by atoms with van der Waals surface area (Å²) in [6.07, 6.45) is 1.31. The molecule has 4 rings (SSSR count). The number of carbonyl (C=O) groups is 4. The Hall–Kier alpha value is -3.62. The number of rotatable bonds is 5. The molecule has 5 amide bonds. The van der Waals surface area contributed by atoms with E-state index in [0.29, 0.717) is 35.9 Å². The predicted octanol–water partition coefficient (Wildman–Crippen LogP) is 2.12. The SMILES string of the molecule is Cc1ccc(C2(C)NC(=O)N(CC(=O)Nc3cccc(N4CCCC4=O)c3)C2=O)o1.